The van der Waals surface area contributed by atoms with E-state index in [0.717, 1.165) is 17.8 Å². The molecule has 0 spiro atoms. The minimum absolute atomic E-state index is 0.0343. The van der Waals surface area contributed by atoms with E-state index in [0.29, 0.717) is 5.69 Å². The third-order valence-electron chi connectivity index (χ3n) is 2.49. The van der Waals surface area contributed by atoms with Gasteiger partial charge in [-0.2, -0.15) is 13.2 Å². The lowest BCUT2D eigenvalue weighted by atomic mass is 10.2. The van der Waals surface area contributed by atoms with Gasteiger partial charge in [0, 0.05) is 11.1 Å². The van der Waals surface area contributed by atoms with E-state index in [9.17, 15) is 13.2 Å². The Balaban J connectivity index is 2.07. The van der Waals surface area contributed by atoms with Crippen LogP contribution in [0.2, 0.25) is 0 Å². The second-order valence-electron chi connectivity index (χ2n) is 3.85. The molecule has 1 atom stereocenters. The predicted molar refractivity (Wildman–Crippen MR) is 65.6 cm³/mol. The quantitative estimate of drug-likeness (QED) is 0.899. The number of halogens is 3. The number of rotatable bonds is 3. The average Bonchev–Trinajstić information content (AvgIpc) is 2.82. The summed E-state index contributed by atoms with van der Waals surface area (Å²) >= 11 is 1.48. The highest BCUT2D eigenvalue weighted by Crippen LogP contribution is 2.30. The summed E-state index contributed by atoms with van der Waals surface area (Å²) in [7, 11) is 0. The Labute approximate surface area is 106 Å². The number of alkyl halides is 3. The second-order valence-corrected chi connectivity index (χ2v) is 4.57. The number of anilines is 1. The molecule has 96 valence electrons. The normalized spacial score (nSPS) is 13.3. The van der Waals surface area contributed by atoms with Crippen LogP contribution >= 0.6 is 11.3 Å². The van der Waals surface area contributed by atoms with Gasteiger partial charge in [-0.1, -0.05) is 0 Å². The van der Waals surface area contributed by atoms with Crippen molar-refractivity contribution in [3.63, 3.8) is 0 Å². The Morgan fingerprint density at radius 2 is 1.89 bits per heavy atom. The molecule has 2 aromatic rings. The second kappa shape index (κ2) is 4.97. The smallest absolute Gasteiger partial charge is 0.377 e. The first-order valence-electron chi connectivity index (χ1n) is 5.28. The van der Waals surface area contributed by atoms with E-state index >= 15 is 0 Å². The summed E-state index contributed by atoms with van der Waals surface area (Å²) in [6.07, 6.45) is -4.29. The van der Waals surface area contributed by atoms with Crippen LogP contribution in [0.25, 0.3) is 0 Å². The highest BCUT2D eigenvalue weighted by Gasteiger charge is 2.29. The largest absolute Gasteiger partial charge is 0.416 e. The summed E-state index contributed by atoms with van der Waals surface area (Å²) in [6.45, 7) is 1.91. The molecule has 0 saturated carbocycles. The zero-order valence-corrected chi connectivity index (χ0v) is 10.3. The fraction of sp³-hybridized carbons (Fsp3) is 0.250. The number of benzene rings is 1. The van der Waals surface area contributed by atoms with E-state index in [-0.39, 0.29) is 6.04 Å². The third-order valence-corrected chi connectivity index (χ3v) is 3.10. The van der Waals surface area contributed by atoms with Gasteiger partial charge in [-0.05, 0) is 31.2 Å². The van der Waals surface area contributed by atoms with Gasteiger partial charge < -0.3 is 5.32 Å². The Hall–Kier alpha value is -1.56. The Kier molecular flexibility index (Phi) is 3.56. The van der Waals surface area contributed by atoms with Crippen LogP contribution in [0.15, 0.2) is 35.2 Å². The van der Waals surface area contributed by atoms with E-state index in [1.54, 1.807) is 5.51 Å². The van der Waals surface area contributed by atoms with Crippen LogP contribution < -0.4 is 5.32 Å². The summed E-state index contributed by atoms with van der Waals surface area (Å²) in [5.74, 6) is 0. The molecule has 0 radical (unpaired) electrons. The number of hydrogen-bond acceptors (Lipinski definition) is 3. The van der Waals surface area contributed by atoms with Crippen LogP contribution in [0.1, 0.15) is 24.2 Å². The Morgan fingerprint density at radius 1 is 1.22 bits per heavy atom. The van der Waals surface area contributed by atoms with Crippen molar-refractivity contribution < 1.29 is 13.2 Å². The van der Waals surface area contributed by atoms with Gasteiger partial charge in [0.15, 0.2) is 0 Å². The van der Waals surface area contributed by atoms with Crippen LogP contribution in [0.5, 0.6) is 0 Å². The van der Waals surface area contributed by atoms with Crippen molar-refractivity contribution in [3.05, 3.63) is 46.4 Å². The standard InChI is InChI=1S/C12H11F3N2S/c1-8(11-6-18-7-16-11)17-10-4-2-9(3-5-10)12(13,14)15/h2-8,17H,1H3. The lowest BCUT2D eigenvalue weighted by Crippen LogP contribution is -2.08. The summed E-state index contributed by atoms with van der Waals surface area (Å²) in [4.78, 5) is 4.15. The lowest BCUT2D eigenvalue weighted by Gasteiger charge is -2.14. The molecule has 0 bridgehead atoms. The molecule has 1 unspecified atom stereocenters. The highest BCUT2D eigenvalue weighted by molar-refractivity contribution is 7.07. The van der Waals surface area contributed by atoms with Crippen molar-refractivity contribution in [1.82, 2.24) is 4.98 Å². The van der Waals surface area contributed by atoms with Gasteiger partial charge in [-0.3, -0.25) is 0 Å². The molecule has 1 heterocycles. The first-order chi connectivity index (χ1) is 8.47. The van der Waals surface area contributed by atoms with Crippen LogP contribution in [-0.2, 0) is 6.18 Å². The van der Waals surface area contributed by atoms with Crippen molar-refractivity contribution in [2.75, 3.05) is 5.32 Å². The Bertz CT molecular complexity index is 491. The molecule has 1 aromatic heterocycles. The maximum absolute atomic E-state index is 12.4. The zero-order valence-electron chi connectivity index (χ0n) is 9.53. The molecule has 0 aliphatic carbocycles. The van der Waals surface area contributed by atoms with Crippen LogP contribution in [-0.4, -0.2) is 4.98 Å². The molecule has 0 aliphatic heterocycles. The minimum Gasteiger partial charge on any atom is -0.377 e. The van der Waals surface area contributed by atoms with Gasteiger partial charge in [-0.15, -0.1) is 11.3 Å². The molecule has 1 aromatic carbocycles. The van der Waals surface area contributed by atoms with Crippen molar-refractivity contribution in [1.29, 1.82) is 0 Å². The monoisotopic (exact) mass is 272 g/mol. The Morgan fingerprint density at radius 3 is 2.39 bits per heavy atom. The highest BCUT2D eigenvalue weighted by atomic mass is 32.1. The number of aromatic nitrogens is 1. The maximum Gasteiger partial charge on any atom is 0.416 e. The zero-order chi connectivity index (χ0) is 13.2. The molecule has 6 heteroatoms. The molecule has 18 heavy (non-hydrogen) atoms. The number of thiazole rings is 1. The topological polar surface area (TPSA) is 24.9 Å². The third kappa shape index (κ3) is 3.01. The lowest BCUT2D eigenvalue weighted by molar-refractivity contribution is -0.137. The summed E-state index contributed by atoms with van der Waals surface area (Å²) < 4.78 is 37.1. The van der Waals surface area contributed by atoms with Crippen molar-refractivity contribution in [2.24, 2.45) is 0 Å². The van der Waals surface area contributed by atoms with Gasteiger partial charge in [-0.25, -0.2) is 4.98 Å². The van der Waals surface area contributed by atoms with Crippen molar-refractivity contribution >= 4 is 17.0 Å². The SMILES string of the molecule is CC(Nc1ccc(C(F)(F)F)cc1)c1cscn1. The van der Waals surface area contributed by atoms with Gasteiger partial charge in [0.05, 0.1) is 22.8 Å². The van der Waals surface area contributed by atoms with Crippen molar-refractivity contribution in [3.8, 4) is 0 Å². The molecule has 1 N–H and O–H groups in total. The van der Waals surface area contributed by atoms with E-state index in [1.807, 2.05) is 12.3 Å². The fourth-order valence-electron chi connectivity index (χ4n) is 1.52. The molecule has 0 fully saturated rings. The first kappa shape index (κ1) is 12.9. The summed E-state index contributed by atoms with van der Waals surface area (Å²) in [5, 5.41) is 5.00. The first-order valence-corrected chi connectivity index (χ1v) is 6.23. The minimum atomic E-state index is -4.29. The molecule has 2 nitrogen and oxygen atoms in total. The maximum atomic E-state index is 12.4. The van der Waals surface area contributed by atoms with Crippen LogP contribution in [0.3, 0.4) is 0 Å². The van der Waals surface area contributed by atoms with Gasteiger partial charge in [0.25, 0.3) is 0 Å². The predicted octanol–water partition coefficient (Wildman–Crippen LogP) is 4.34. The number of nitrogens with zero attached hydrogens (tertiary/aromatic N) is 1. The van der Waals surface area contributed by atoms with Gasteiger partial charge in [0.1, 0.15) is 0 Å². The fourth-order valence-corrected chi connectivity index (χ4v) is 2.16. The van der Waals surface area contributed by atoms with Crippen LogP contribution in [0.4, 0.5) is 18.9 Å². The molecule has 0 saturated heterocycles. The van der Waals surface area contributed by atoms with E-state index < -0.39 is 11.7 Å². The van der Waals surface area contributed by atoms with Crippen LogP contribution in [0, 0.1) is 0 Å². The van der Waals surface area contributed by atoms with E-state index in [2.05, 4.69) is 10.3 Å². The summed E-state index contributed by atoms with van der Waals surface area (Å²) in [6, 6.07) is 4.94. The van der Waals surface area contributed by atoms with Gasteiger partial charge >= 0.3 is 6.18 Å². The molecule has 0 aliphatic rings. The van der Waals surface area contributed by atoms with Gasteiger partial charge in [0.2, 0.25) is 0 Å². The van der Waals surface area contributed by atoms with E-state index in [1.165, 1.54) is 23.5 Å². The molecular weight excluding hydrogens is 261 g/mol. The van der Waals surface area contributed by atoms with E-state index in [4.69, 9.17) is 0 Å². The molecular formula is C12H11F3N2S. The number of nitrogens with one attached hydrogen (secondary N) is 1. The molecule has 2 rings (SSSR count). The summed E-state index contributed by atoms with van der Waals surface area (Å²) in [5.41, 5.74) is 2.60. The van der Waals surface area contributed by atoms with Crippen molar-refractivity contribution in [2.45, 2.75) is 19.1 Å². The molecule has 0 amide bonds. The average molecular weight is 272 g/mol. The number of hydrogen-bond donors (Lipinski definition) is 1.